The molecule has 4 rings (SSSR count). The Kier molecular flexibility index (Phi) is 6.93. The van der Waals surface area contributed by atoms with Gasteiger partial charge in [-0.3, -0.25) is 4.79 Å². The van der Waals surface area contributed by atoms with Gasteiger partial charge in [-0.2, -0.15) is 0 Å². The molecule has 32 heavy (non-hydrogen) atoms. The number of methoxy groups -OCH3 is 1. The lowest BCUT2D eigenvalue weighted by Gasteiger charge is -2.36. The van der Waals surface area contributed by atoms with Crippen molar-refractivity contribution in [3.8, 4) is 0 Å². The lowest BCUT2D eigenvalue weighted by Crippen LogP contribution is -2.44. The van der Waals surface area contributed by atoms with E-state index in [0.717, 1.165) is 42.4 Å². The van der Waals surface area contributed by atoms with Crippen LogP contribution < -0.4 is 5.32 Å². The molecule has 3 heterocycles. The van der Waals surface area contributed by atoms with Gasteiger partial charge in [-0.1, -0.05) is 35.5 Å². The van der Waals surface area contributed by atoms with E-state index in [4.69, 9.17) is 16.3 Å². The number of aliphatic imine (C=N–C) groups is 1. The normalized spacial score (nSPS) is 21.8. The first-order valence-corrected chi connectivity index (χ1v) is 11.9. The van der Waals surface area contributed by atoms with Crippen molar-refractivity contribution in [3.05, 3.63) is 57.2 Å². The number of allylic oxidation sites excluding steroid dienone is 1. The van der Waals surface area contributed by atoms with Gasteiger partial charge in [0, 0.05) is 16.8 Å². The minimum atomic E-state index is -0.467. The van der Waals surface area contributed by atoms with Crippen LogP contribution >= 0.6 is 23.4 Å². The summed E-state index contributed by atoms with van der Waals surface area (Å²) in [6.45, 7) is 3.77. The Hall–Kier alpha value is -2.29. The average molecular weight is 475 g/mol. The predicted octanol–water partition coefficient (Wildman–Crippen LogP) is 3.69. The highest BCUT2D eigenvalue weighted by Crippen LogP contribution is 2.45. The number of ether oxygens (including phenoxy) is 1. The van der Waals surface area contributed by atoms with Crippen LogP contribution in [0.15, 0.2) is 51.6 Å². The maximum Gasteiger partial charge on any atom is 0.338 e. The molecule has 0 aromatic heterocycles. The number of carbonyl (C=O) groups excluding carboxylic acids is 2. The van der Waals surface area contributed by atoms with Gasteiger partial charge in [-0.25, -0.2) is 9.79 Å². The summed E-state index contributed by atoms with van der Waals surface area (Å²) in [4.78, 5) is 34.5. The van der Waals surface area contributed by atoms with Crippen LogP contribution in [-0.2, 0) is 14.3 Å². The fourth-order valence-corrected chi connectivity index (χ4v) is 5.49. The van der Waals surface area contributed by atoms with Crippen molar-refractivity contribution in [2.45, 2.75) is 38.3 Å². The molecule has 1 atom stereocenters. The van der Waals surface area contributed by atoms with E-state index in [1.165, 1.54) is 18.9 Å². The topological polar surface area (TPSA) is 74.2 Å². The van der Waals surface area contributed by atoms with Gasteiger partial charge in [0.25, 0.3) is 0 Å². The highest BCUT2D eigenvalue weighted by molar-refractivity contribution is 8.16. The molecule has 0 bridgehead atoms. The molecule has 1 amide bonds. The molecule has 0 radical (unpaired) electrons. The Morgan fingerprint density at radius 3 is 2.75 bits per heavy atom. The minimum absolute atomic E-state index is 0.0246. The second-order valence-electron chi connectivity index (χ2n) is 8.26. The number of hydrogen-bond donors (Lipinski definition) is 1. The number of piperidine rings is 1. The molecule has 3 aliphatic heterocycles. The number of amidine groups is 1. The number of nitrogens with zero attached hydrogens (tertiary/aromatic N) is 3. The summed E-state index contributed by atoms with van der Waals surface area (Å²) in [7, 11) is 3.46. The van der Waals surface area contributed by atoms with E-state index in [1.807, 2.05) is 28.5 Å². The Balaban J connectivity index is 1.60. The summed E-state index contributed by atoms with van der Waals surface area (Å²) in [5.74, 6) is -0.467. The van der Waals surface area contributed by atoms with Gasteiger partial charge < -0.3 is 19.9 Å². The van der Waals surface area contributed by atoms with Gasteiger partial charge in [0.05, 0.1) is 30.8 Å². The van der Waals surface area contributed by atoms with Crippen molar-refractivity contribution < 1.29 is 14.3 Å². The molecular formula is C23H27ClN4O3S. The Labute approximate surface area is 197 Å². The Morgan fingerprint density at radius 2 is 2.06 bits per heavy atom. The fourth-order valence-electron chi connectivity index (χ4n) is 4.33. The molecule has 0 spiro atoms. The zero-order valence-corrected chi connectivity index (χ0v) is 20.0. The van der Waals surface area contributed by atoms with E-state index >= 15 is 0 Å². The third kappa shape index (κ3) is 4.72. The average Bonchev–Trinajstić information content (AvgIpc) is 3.15. The minimum Gasteiger partial charge on any atom is -0.466 e. The van der Waals surface area contributed by atoms with Crippen molar-refractivity contribution in [1.29, 1.82) is 0 Å². The van der Waals surface area contributed by atoms with E-state index in [1.54, 1.807) is 13.0 Å². The number of nitrogens with one attached hydrogen (secondary N) is 1. The Bertz CT molecular complexity index is 1010. The van der Waals surface area contributed by atoms with E-state index < -0.39 is 12.0 Å². The summed E-state index contributed by atoms with van der Waals surface area (Å²) >= 11 is 7.73. The van der Waals surface area contributed by atoms with Crippen LogP contribution in [-0.4, -0.2) is 60.1 Å². The van der Waals surface area contributed by atoms with Gasteiger partial charge in [-0.05, 0) is 63.0 Å². The van der Waals surface area contributed by atoms with E-state index in [0.29, 0.717) is 16.3 Å². The summed E-state index contributed by atoms with van der Waals surface area (Å²) in [5.41, 5.74) is 2.69. The first-order valence-electron chi connectivity index (χ1n) is 10.6. The third-order valence-corrected chi connectivity index (χ3v) is 7.12. The van der Waals surface area contributed by atoms with Gasteiger partial charge in [0.1, 0.15) is 0 Å². The lowest BCUT2D eigenvalue weighted by atomic mass is 9.94. The van der Waals surface area contributed by atoms with E-state index in [2.05, 4.69) is 22.3 Å². The summed E-state index contributed by atoms with van der Waals surface area (Å²) < 4.78 is 5.08. The molecule has 1 N–H and O–H groups in total. The zero-order chi connectivity index (χ0) is 22.8. The maximum atomic E-state index is 12.9. The largest absolute Gasteiger partial charge is 0.466 e. The molecule has 1 aromatic carbocycles. The van der Waals surface area contributed by atoms with E-state index in [-0.39, 0.29) is 18.4 Å². The van der Waals surface area contributed by atoms with Crippen molar-refractivity contribution in [3.63, 3.8) is 0 Å². The van der Waals surface area contributed by atoms with Crippen LogP contribution in [0.2, 0.25) is 5.02 Å². The zero-order valence-electron chi connectivity index (χ0n) is 18.4. The molecule has 1 unspecified atom stereocenters. The van der Waals surface area contributed by atoms with Crippen molar-refractivity contribution >= 4 is 40.4 Å². The molecule has 1 saturated heterocycles. The van der Waals surface area contributed by atoms with Crippen LogP contribution in [0, 0.1) is 0 Å². The molecule has 1 fully saturated rings. The van der Waals surface area contributed by atoms with Crippen molar-refractivity contribution in [2.75, 3.05) is 27.2 Å². The Morgan fingerprint density at radius 1 is 1.31 bits per heavy atom. The molecule has 1 aromatic rings. The van der Waals surface area contributed by atoms with Gasteiger partial charge in [-0.15, -0.1) is 0 Å². The quantitative estimate of drug-likeness (QED) is 0.656. The lowest BCUT2D eigenvalue weighted by molar-refractivity contribution is -0.136. The van der Waals surface area contributed by atoms with Gasteiger partial charge in [0.15, 0.2) is 5.17 Å². The molecule has 3 aliphatic rings. The van der Waals surface area contributed by atoms with Crippen LogP contribution in [0.25, 0.3) is 0 Å². The van der Waals surface area contributed by atoms with Crippen LogP contribution in [0.4, 0.5) is 0 Å². The monoisotopic (exact) mass is 474 g/mol. The summed E-state index contributed by atoms with van der Waals surface area (Å²) in [6.07, 6.45) is 2.11. The van der Waals surface area contributed by atoms with Crippen LogP contribution in [0.5, 0.6) is 0 Å². The smallest absolute Gasteiger partial charge is 0.338 e. The second-order valence-corrected chi connectivity index (χ2v) is 9.53. The van der Waals surface area contributed by atoms with E-state index in [9.17, 15) is 9.59 Å². The highest BCUT2D eigenvalue weighted by atomic mass is 35.5. The number of thioether (sulfide) groups is 1. The fraction of sp³-hybridized carbons (Fsp3) is 0.435. The first-order chi connectivity index (χ1) is 15.4. The molecule has 170 valence electrons. The van der Waals surface area contributed by atoms with Crippen LogP contribution in [0.1, 0.15) is 37.8 Å². The number of benzene rings is 1. The van der Waals surface area contributed by atoms with Gasteiger partial charge >= 0.3 is 5.97 Å². The maximum absolute atomic E-state index is 12.9. The first kappa shape index (κ1) is 22.9. The standard InChI is InChI=1S/C23H27ClN4O3S/c1-14-20(22(30)31-3)21(15-5-4-6-16(24)11-15)28-18(13-32-23(28)25-14)12-19(29)26-17-7-9-27(2)10-8-17/h4-6,11,13,17,21H,7-10,12H2,1-3H3,(H,26,29). The molecular weight excluding hydrogens is 448 g/mol. The van der Waals surface area contributed by atoms with Crippen molar-refractivity contribution in [1.82, 2.24) is 15.1 Å². The highest BCUT2D eigenvalue weighted by Gasteiger charge is 2.41. The molecule has 9 heteroatoms. The number of hydrogen-bond acceptors (Lipinski definition) is 7. The SMILES string of the molecule is COC(=O)C1=C(C)N=C2SC=C(CC(=O)NC3CCN(C)CC3)N2C1c1cccc(Cl)c1. The number of rotatable bonds is 5. The molecule has 0 aliphatic carbocycles. The number of likely N-dealkylation sites (tertiary alicyclic amines) is 1. The molecule has 0 saturated carbocycles. The number of halogens is 1. The number of amides is 1. The number of fused-ring (bicyclic) bond motifs is 1. The summed E-state index contributed by atoms with van der Waals surface area (Å²) in [6, 6.07) is 7.14. The van der Waals surface area contributed by atoms with Gasteiger partial charge in [0.2, 0.25) is 5.91 Å². The number of carbonyl (C=O) groups is 2. The van der Waals surface area contributed by atoms with Crippen LogP contribution in [0.3, 0.4) is 0 Å². The second kappa shape index (κ2) is 9.68. The number of esters is 1. The molecule has 7 nitrogen and oxygen atoms in total. The summed E-state index contributed by atoms with van der Waals surface area (Å²) in [5, 5.41) is 6.43. The predicted molar refractivity (Wildman–Crippen MR) is 127 cm³/mol. The van der Waals surface area contributed by atoms with Crippen molar-refractivity contribution in [2.24, 2.45) is 4.99 Å². The third-order valence-electron chi connectivity index (χ3n) is 6.00.